The fourth-order valence-electron chi connectivity index (χ4n) is 3.98. The number of nitrogens with zero attached hydrogens (tertiary/aromatic N) is 2. The van der Waals surface area contributed by atoms with Gasteiger partial charge in [-0.1, -0.05) is 65.0 Å². The third kappa shape index (κ3) is 6.64. The first-order valence-corrected chi connectivity index (χ1v) is 12.7. The Labute approximate surface area is 222 Å². The maximum atomic E-state index is 12.7. The third-order valence-electron chi connectivity index (χ3n) is 5.77. The molecule has 0 aliphatic heterocycles. The van der Waals surface area contributed by atoms with Gasteiger partial charge >= 0.3 is 10.8 Å². The van der Waals surface area contributed by atoms with E-state index in [-0.39, 0.29) is 24.5 Å². The molecular formula is C28H27FN2O6S. The summed E-state index contributed by atoms with van der Waals surface area (Å²) in [4.78, 5) is 29.0. The van der Waals surface area contributed by atoms with Crippen molar-refractivity contribution < 1.29 is 28.6 Å². The van der Waals surface area contributed by atoms with Crippen molar-refractivity contribution in [3.8, 4) is 5.75 Å². The lowest BCUT2D eigenvalue weighted by Gasteiger charge is -2.13. The molecule has 1 atom stereocenters. The van der Waals surface area contributed by atoms with Gasteiger partial charge in [0.25, 0.3) is 0 Å². The van der Waals surface area contributed by atoms with Crippen LogP contribution in [0.15, 0.2) is 82.7 Å². The average molecular weight is 539 g/mol. The van der Waals surface area contributed by atoms with Crippen LogP contribution in [0.4, 0.5) is 4.39 Å². The fraction of sp³-hybridized carbons (Fsp3) is 0.250. The van der Waals surface area contributed by atoms with Crippen molar-refractivity contribution in [2.45, 2.75) is 19.1 Å². The standard InChI is InChI=1S/C28H27FN2O6S/c1-35-30-26(20-5-3-2-4-6-20)21-9-12-23-25(18-21)38-28(34)31(23)14-16-36-22-10-7-19(8-11-22)17-24(27(32)33)37-15-13-29/h2-12,18,24H,13-17H2,1H3,(H,32,33)/b30-26+. The van der Waals surface area contributed by atoms with Gasteiger partial charge in [-0.2, -0.15) is 0 Å². The van der Waals surface area contributed by atoms with Crippen molar-refractivity contribution in [1.82, 2.24) is 4.57 Å². The van der Waals surface area contributed by atoms with Gasteiger partial charge in [0.1, 0.15) is 31.9 Å². The number of carbonyl (C=O) groups is 1. The minimum absolute atomic E-state index is 0.0889. The van der Waals surface area contributed by atoms with Crippen molar-refractivity contribution in [2.75, 3.05) is 27.0 Å². The summed E-state index contributed by atoms with van der Waals surface area (Å²) in [6.07, 6.45) is -0.990. The molecule has 8 nitrogen and oxygen atoms in total. The normalized spacial score (nSPS) is 12.4. The number of halogens is 1. The third-order valence-corrected chi connectivity index (χ3v) is 6.71. The van der Waals surface area contributed by atoms with Gasteiger partial charge in [0.05, 0.1) is 23.4 Å². The molecule has 0 saturated carbocycles. The molecule has 0 fully saturated rings. The summed E-state index contributed by atoms with van der Waals surface area (Å²) < 4.78 is 25.7. The SMILES string of the molecule is CO/N=C(\c1ccccc1)c1ccc2c(c1)sc(=O)n2CCOc1ccc(CC(OCCF)C(=O)O)cc1. The number of hydrogen-bond acceptors (Lipinski definition) is 7. The van der Waals surface area contributed by atoms with Crippen molar-refractivity contribution in [3.05, 3.63) is 99.2 Å². The summed E-state index contributed by atoms with van der Waals surface area (Å²) in [5.41, 5.74) is 3.96. The van der Waals surface area contributed by atoms with Crippen LogP contribution in [0.1, 0.15) is 16.7 Å². The Bertz CT molecular complexity index is 1450. The summed E-state index contributed by atoms with van der Waals surface area (Å²) in [5, 5.41) is 13.4. The summed E-state index contributed by atoms with van der Waals surface area (Å²) in [7, 11) is 1.50. The van der Waals surface area contributed by atoms with E-state index in [0.717, 1.165) is 38.2 Å². The van der Waals surface area contributed by atoms with Crippen molar-refractivity contribution in [1.29, 1.82) is 0 Å². The molecule has 38 heavy (non-hydrogen) atoms. The van der Waals surface area contributed by atoms with Gasteiger partial charge < -0.3 is 19.4 Å². The second-order valence-electron chi connectivity index (χ2n) is 8.27. The van der Waals surface area contributed by atoms with Gasteiger partial charge in [0.2, 0.25) is 0 Å². The molecule has 0 radical (unpaired) electrons. The number of thiazole rings is 1. The molecule has 1 N–H and O–H groups in total. The van der Waals surface area contributed by atoms with Gasteiger partial charge in [-0.05, 0) is 29.8 Å². The summed E-state index contributed by atoms with van der Waals surface area (Å²) in [5.74, 6) is -0.551. The first-order chi connectivity index (χ1) is 18.5. The highest BCUT2D eigenvalue weighted by molar-refractivity contribution is 7.16. The first kappa shape index (κ1) is 27.0. The zero-order valence-corrected chi connectivity index (χ0v) is 21.5. The predicted octanol–water partition coefficient (Wildman–Crippen LogP) is 4.52. The Morgan fingerprint density at radius 1 is 1.05 bits per heavy atom. The minimum atomic E-state index is -1.14. The summed E-state index contributed by atoms with van der Waals surface area (Å²) >= 11 is 1.16. The average Bonchev–Trinajstić information content (AvgIpc) is 3.24. The number of alkyl halides is 1. The molecule has 10 heteroatoms. The highest BCUT2D eigenvalue weighted by Crippen LogP contribution is 2.22. The molecule has 0 spiro atoms. The number of rotatable bonds is 13. The van der Waals surface area contributed by atoms with E-state index in [9.17, 15) is 19.1 Å². The lowest BCUT2D eigenvalue weighted by atomic mass is 10.0. The zero-order chi connectivity index (χ0) is 26.9. The Balaban J connectivity index is 1.42. The van der Waals surface area contributed by atoms with E-state index in [1.165, 1.54) is 7.11 Å². The molecule has 1 heterocycles. The van der Waals surface area contributed by atoms with Crippen molar-refractivity contribution >= 4 is 33.2 Å². The van der Waals surface area contributed by atoms with E-state index in [0.29, 0.717) is 18.0 Å². The molecule has 0 bridgehead atoms. The lowest BCUT2D eigenvalue weighted by Crippen LogP contribution is -2.27. The Kier molecular flexibility index (Phi) is 9.23. The van der Waals surface area contributed by atoms with Gasteiger partial charge in [-0.25, -0.2) is 9.18 Å². The number of carboxylic acids is 1. The molecule has 4 rings (SSSR count). The highest BCUT2D eigenvalue weighted by atomic mass is 32.1. The smallest absolute Gasteiger partial charge is 0.333 e. The minimum Gasteiger partial charge on any atom is -0.492 e. The molecule has 0 amide bonds. The van der Waals surface area contributed by atoms with Crippen molar-refractivity contribution in [3.63, 3.8) is 0 Å². The predicted molar refractivity (Wildman–Crippen MR) is 144 cm³/mol. The van der Waals surface area contributed by atoms with Crippen LogP contribution in [0.3, 0.4) is 0 Å². The van der Waals surface area contributed by atoms with Gasteiger partial charge in [0.15, 0.2) is 6.10 Å². The van der Waals surface area contributed by atoms with Crippen molar-refractivity contribution in [2.24, 2.45) is 5.16 Å². The number of hydrogen-bond donors (Lipinski definition) is 1. The van der Waals surface area contributed by atoms with Gasteiger partial charge in [-0.3, -0.25) is 9.36 Å². The monoisotopic (exact) mass is 538 g/mol. The Morgan fingerprint density at radius 3 is 2.50 bits per heavy atom. The van der Waals surface area contributed by atoms with Gasteiger partial charge in [-0.15, -0.1) is 0 Å². The molecule has 1 unspecified atom stereocenters. The molecule has 3 aromatic carbocycles. The van der Waals surface area contributed by atoms with Crippen LogP contribution in [0.2, 0.25) is 0 Å². The Morgan fingerprint density at radius 2 is 1.82 bits per heavy atom. The molecular weight excluding hydrogens is 511 g/mol. The zero-order valence-electron chi connectivity index (χ0n) is 20.7. The summed E-state index contributed by atoms with van der Waals surface area (Å²) in [6, 6.07) is 22.4. The molecule has 0 aliphatic carbocycles. The van der Waals surface area contributed by atoms with Crippen LogP contribution in [-0.2, 0) is 27.3 Å². The number of carboxylic acid groups (broad SMARTS) is 1. The summed E-state index contributed by atoms with van der Waals surface area (Å²) in [6.45, 7) is -0.373. The second kappa shape index (κ2) is 13.0. The van der Waals surface area contributed by atoms with Crippen LogP contribution >= 0.6 is 11.3 Å². The number of ether oxygens (including phenoxy) is 2. The van der Waals surface area contributed by atoms with Crippen LogP contribution < -0.4 is 9.61 Å². The van der Waals surface area contributed by atoms with E-state index in [1.807, 2.05) is 48.5 Å². The molecule has 198 valence electrons. The molecule has 0 aliphatic rings. The van der Waals surface area contributed by atoms with Crippen LogP contribution in [0.25, 0.3) is 10.2 Å². The molecule has 1 aromatic heterocycles. The van der Waals surface area contributed by atoms with Crippen LogP contribution in [0, 0.1) is 0 Å². The maximum absolute atomic E-state index is 12.7. The number of benzene rings is 3. The van der Waals surface area contributed by atoms with E-state index < -0.39 is 18.7 Å². The lowest BCUT2D eigenvalue weighted by molar-refractivity contribution is -0.150. The van der Waals surface area contributed by atoms with Crippen LogP contribution in [0.5, 0.6) is 5.75 Å². The van der Waals surface area contributed by atoms with E-state index in [1.54, 1.807) is 28.8 Å². The number of aromatic nitrogens is 1. The topological polar surface area (TPSA) is 99.4 Å². The Hall–Kier alpha value is -4.02. The van der Waals surface area contributed by atoms with Gasteiger partial charge in [0, 0.05) is 17.5 Å². The molecule has 0 saturated heterocycles. The number of oxime groups is 1. The highest BCUT2D eigenvalue weighted by Gasteiger charge is 2.18. The van der Waals surface area contributed by atoms with E-state index >= 15 is 0 Å². The van der Waals surface area contributed by atoms with Crippen LogP contribution in [-0.4, -0.2) is 54.5 Å². The van der Waals surface area contributed by atoms with E-state index in [2.05, 4.69) is 5.16 Å². The largest absolute Gasteiger partial charge is 0.492 e. The number of fused-ring (bicyclic) bond motifs is 1. The quantitative estimate of drug-likeness (QED) is 0.199. The van der Waals surface area contributed by atoms with E-state index in [4.69, 9.17) is 14.3 Å². The number of aliphatic carboxylic acids is 1. The second-order valence-corrected chi connectivity index (χ2v) is 9.27. The fourth-order valence-corrected chi connectivity index (χ4v) is 4.94. The maximum Gasteiger partial charge on any atom is 0.333 e. The molecule has 4 aromatic rings. The first-order valence-electron chi connectivity index (χ1n) is 11.9.